The van der Waals surface area contributed by atoms with Crippen LogP contribution in [0.1, 0.15) is 25.7 Å². The van der Waals surface area contributed by atoms with Crippen molar-refractivity contribution in [2.45, 2.75) is 31.7 Å². The number of hydrogen-bond acceptors (Lipinski definition) is 2. The number of aliphatic carboxylic acids is 1. The maximum absolute atomic E-state index is 11.8. The van der Waals surface area contributed by atoms with Crippen LogP contribution in [0.4, 0.5) is 4.79 Å². The molecule has 1 fully saturated rings. The van der Waals surface area contributed by atoms with E-state index in [1.54, 1.807) is 14.1 Å². The predicted octanol–water partition coefficient (Wildman–Crippen LogP) is 0.997. The second-order valence-corrected chi connectivity index (χ2v) is 4.14. The van der Waals surface area contributed by atoms with E-state index in [4.69, 9.17) is 5.11 Å². The van der Waals surface area contributed by atoms with Gasteiger partial charge in [0.2, 0.25) is 0 Å². The van der Waals surface area contributed by atoms with E-state index in [0.29, 0.717) is 0 Å². The Kier molecular flexibility index (Phi) is 3.94. The van der Waals surface area contributed by atoms with Crippen molar-refractivity contribution in [3.05, 3.63) is 0 Å². The Morgan fingerprint density at radius 2 is 1.80 bits per heavy atom. The molecule has 5 heteroatoms. The second-order valence-electron chi connectivity index (χ2n) is 4.14. The van der Waals surface area contributed by atoms with E-state index in [0.717, 1.165) is 25.7 Å². The largest absolute Gasteiger partial charge is 0.480 e. The van der Waals surface area contributed by atoms with Crippen LogP contribution in [-0.2, 0) is 4.79 Å². The van der Waals surface area contributed by atoms with Crippen LogP contribution in [0.3, 0.4) is 0 Å². The van der Waals surface area contributed by atoms with Gasteiger partial charge in [0, 0.05) is 20.1 Å². The van der Waals surface area contributed by atoms with E-state index in [-0.39, 0.29) is 18.6 Å². The first kappa shape index (κ1) is 11.8. The van der Waals surface area contributed by atoms with E-state index in [1.807, 2.05) is 0 Å². The van der Waals surface area contributed by atoms with Crippen LogP contribution >= 0.6 is 0 Å². The van der Waals surface area contributed by atoms with Crippen molar-refractivity contribution in [2.75, 3.05) is 20.6 Å². The standard InChI is InChI=1S/C10H18N2O3/c1-11(2)10(15)12(7-9(13)14)8-5-3-4-6-8/h8H,3-7H2,1-2H3,(H,13,14). The summed E-state index contributed by atoms with van der Waals surface area (Å²) in [7, 11) is 3.29. The summed E-state index contributed by atoms with van der Waals surface area (Å²) in [5.74, 6) is -0.947. The smallest absolute Gasteiger partial charge is 0.323 e. The molecule has 0 atom stereocenters. The van der Waals surface area contributed by atoms with Gasteiger partial charge in [0.1, 0.15) is 6.54 Å². The van der Waals surface area contributed by atoms with Crippen LogP contribution in [0.25, 0.3) is 0 Å². The van der Waals surface area contributed by atoms with Gasteiger partial charge >= 0.3 is 12.0 Å². The van der Waals surface area contributed by atoms with Crippen LogP contribution in [-0.4, -0.2) is 53.6 Å². The van der Waals surface area contributed by atoms with Crippen LogP contribution in [0, 0.1) is 0 Å². The minimum absolute atomic E-state index is 0.107. The van der Waals surface area contributed by atoms with Gasteiger partial charge in [-0.15, -0.1) is 0 Å². The van der Waals surface area contributed by atoms with E-state index < -0.39 is 5.97 Å². The fraction of sp³-hybridized carbons (Fsp3) is 0.800. The highest BCUT2D eigenvalue weighted by Gasteiger charge is 2.29. The zero-order valence-corrected chi connectivity index (χ0v) is 9.27. The van der Waals surface area contributed by atoms with Crippen LogP contribution in [0.2, 0.25) is 0 Å². The molecule has 0 unspecified atom stereocenters. The molecular weight excluding hydrogens is 196 g/mol. The normalized spacial score (nSPS) is 16.4. The summed E-state index contributed by atoms with van der Waals surface area (Å²) in [4.78, 5) is 25.3. The molecule has 1 rings (SSSR count). The van der Waals surface area contributed by atoms with Crippen molar-refractivity contribution in [2.24, 2.45) is 0 Å². The molecule has 15 heavy (non-hydrogen) atoms. The van der Waals surface area contributed by atoms with Gasteiger partial charge in [-0.05, 0) is 12.8 Å². The molecule has 2 amide bonds. The van der Waals surface area contributed by atoms with E-state index in [1.165, 1.54) is 9.80 Å². The maximum Gasteiger partial charge on any atom is 0.323 e. The molecule has 0 radical (unpaired) electrons. The summed E-state index contributed by atoms with van der Waals surface area (Å²) < 4.78 is 0. The van der Waals surface area contributed by atoms with Gasteiger partial charge in [-0.1, -0.05) is 12.8 Å². The summed E-state index contributed by atoms with van der Waals surface area (Å²) in [6.45, 7) is -0.193. The molecule has 1 aliphatic carbocycles. The number of hydrogen-bond donors (Lipinski definition) is 1. The Hall–Kier alpha value is -1.26. The first-order valence-corrected chi connectivity index (χ1v) is 5.22. The Morgan fingerprint density at radius 3 is 2.20 bits per heavy atom. The highest BCUT2D eigenvalue weighted by molar-refractivity contribution is 5.80. The molecular formula is C10H18N2O3. The summed E-state index contributed by atoms with van der Waals surface area (Å²) in [5, 5.41) is 8.76. The SMILES string of the molecule is CN(C)C(=O)N(CC(=O)O)C1CCCC1. The lowest BCUT2D eigenvalue weighted by atomic mass is 10.2. The lowest BCUT2D eigenvalue weighted by Crippen LogP contribution is -2.47. The molecule has 0 bridgehead atoms. The Balaban J connectivity index is 2.67. The van der Waals surface area contributed by atoms with E-state index >= 15 is 0 Å². The van der Waals surface area contributed by atoms with Crippen molar-refractivity contribution in [1.29, 1.82) is 0 Å². The van der Waals surface area contributed by atoms with Crippen molar-refractivity contribution < 1.29 is 14.7 Å². The third-order valence-electron chi connectivity index (χ3n) is 2.70. The first-order valence-electron chi connectivity index (χ1n) is 5.22. The lowest BCUT2D eigenvalue weighted by molar-refractivity contribution is -0.138. The molecule has 0 spiro atoms. The van der Waals surface area contributed by atoms with Gasteiger partial charge in [0.15, 0.2) is 0 Å². The predicted molar refractivity (Wildman–Crippen MR) is 55.7 cm³/mol. The van der Waals surface area contributed by atoms with Gasteiger partial charge in [0.05, 0.1) is 0 Å². The van der Waals surface area contributed by atoms with Gasteiger partial charge in [0.25, 0.3) is 0 Å². The number of carboxylic acids is 1. The topological polar surface area (TPSA) is 60.9 Å². The summed E-state index contributed by atoms with van der Waals surface area (Å²) in [6, 6.07) is -0.0969. The maximum atomic E-state index is 11.8. The van der Waals surface area contributed by atoms with Crippen molar-refractivity contribution in [3.8, 4) is 0 Å². The van der Waals surface area contributed by atoms with Gasteiger partial charge in [-0.2, -0.15) is 0 Å². The van der Waals surface area contributed by atoms with Crippen molar-refractivity contribution >= 4 is 12.0 Å². The quantitative estimate of drug-likeness (QED) is 0.762. The highest BCUT2D eigenvalue weighted by Crippen LogP contribution is 2.23. The summed E-state index contributed by atoms with van der Waals surface area (Å²) in [5.41, 5.74) is 0. The molecule has 1 saturated carbocycles. The van der Waals surface area contributed by atoms with Crippen LogP contribution < -0.4 is 0 Å². The number of carbonyl (C=O) groups excluding carboxylic acids is 1. The number of urea groups is 1. The molecule has 1 N–H and O–H groups in total. The van der Waals surface area contributed by atoms with Crippen LogP contribution in [0.15, 0.2) is 0 Å². The zero-order chi connectivity index (χ0) is 11.4. The highest BCUT2D eigenvalue weighted by atomic mass is 16.4. The van der Waals surface area contributed by atoms with Crippen molar-refractivity contribution in [1.82, 2.24) is 9.80 Å². The number of carboxylic acid groups (broad SMARTS) is 1. The molecule has 0 aromatic rings. The van der Waals surface area contributed by atoms with Gasteiger partial charge in [-0.25, -0.2) is 4.79 Å². The monoisotopic (exact) mass is 214 g/mol. The van der Waals surface area contributed by atoms with Crippen molar-refractivity contribution in [3.63, 3.8) is 0 Å². The fourth-order valence-corrected chi connectivity index (χ4v) is 1.97. The molecule has 0 saturated heterocycles. The second kappa shape index (κ2) is 5.00. The first-order chi connectivity index (χ1) is 7.02. The third kappa shape index (κ3) is 3.11. The Bertz CT molecular complexity index is 247. The summed E-state index contributed by atoms with van der Waals surface area (Å²) >= 11 is 0. The number of carbonyl (C=O) groups is 2. The van der Waals surface area contributed by atoms with Crippen LogP contribution in [0.5, 0.6) is 0 Å². The Morgan fingerprint density at radius 1 is 1.27 bits per heavy atom. The molecule has 5 nitrogen and oxygen atoms in total. The summed E-state index contributed by atoms with van der Waals surface area (Å²) in [6.07, 6.45) is 4.02. The van der Waals surface area contributed by atoms with Gasteiger partial charge in [-0.3, -0.25) is 4.79 Å². The molecule has 0 aromatic carbocycles. The molecule has 0 aliphatic heterocycles. The fourth-order valence-electron chi connectivity index (χ4n) is 1.97. The molecule has 0 heterocycles. The number of amides is 2. The molecule has 0 aromatic heterocycles. The number of nitrogens with zero attached hydrogens (tertiary/aromatic N) is 2. The van der Waals surface area contributed by atoms with Gasteiger partial charge < -0.3 is 14.9 Å². The average Bonchev–Trinajstić information content (AvgIpc) is 2.65. The zero-order valence-electron chi connectivity index (χ0n) is 9.27. The Labute approximate surface area is 89.7 Å². The lowest BCUT2D eigenvalue weighted by Gasteiger charge is -2.29. The van der Waals surface area contributed by atoms with E-state index in [9.17, 15) is 9.59 Å². The molecule has 1 aliphatic rings. The number of rotatable bonds is 3. The van der Waals surface area contributed by atoms with E-state index in [2.05, 4.69) is 0 Å². The minimum Gasteiger partial charge on any atom is -0.480 e. The third-order valence-corrected chi connectivity index (χ3v) is 2.70. The molecule has 86 valence electrons. The average molecular weight is 214 g/mol. The minimum atomic E-state index is -0.947.